The van der Waals surface area contributed by atoms with Gasteiger partial charge < -0.3 is 14.8 Å². The van der Waals surface area contributed by atoms with Crippen LogP contribution in [0.5, 0.6) is 0 Å². The molecular formula is C42H31N3O6S3. The minimum atomic E-state index is -1.25. The van der Waals surface area contributed by atoms with Crippen molar-refractivity contribution >= 4 is 91.0 Å². The van der Waals surface area contributed by atoms with Gasteiger partial charge in [0.25, 0.3) is 11.5 Å². The van der Waals surface area contributed by atoms with Gasteiger partial charge >= 0.3 is 11.9 Å². The Morgan fingerprint density at radius 2 is 1.44 bits per heavy atom. The van der Waals surface area contributed by atoms with Crippen molar-refractivity contribution in [1.29, 1.82) is 0 Å². The molecule has 6 aromatic rings. The molecule has 54 heavy (non-hydrogen) atoms. The minimum Gasteiger partial charge on any atom is -0.480 e. The van der Waals surface area contributed by atoms with Crippen LogP contribution in [0.2, 0.25) is 0 Å². The van der Waals surface area contributed by atoms with Crippen LogP contribution in [-0.4, -0.2) is 53.0 Å². The number of benzene rings is 4. The first-order chi connectivity index (χ1) is 26.2. The summed E-state index contributed by atoms with van der Waals surface area (Å²) in [5.41, 5.74) is 9.36. The minimum absolute atomic E-state index is 0.0321. The fourth-order valence-electron chi connectivity index (χ4n) is 7.16. The molecule has 268 valence electrons. The number of carboxylic acid groups (broad SMARTS) is 2. The zero-order valence-electron chi connectivity index (χ0n) is 28.6. The fourth-order valence-corrected chi connectivity index (χ4v) is 9.67. The number of thiazole rings is 1. The summed E-state index contributed by atoms with van der Waals surface area (Å²) in [5.74, 6) is -3.16. The van der Waals surface area contributed by atoms with Gasteiger partial charge in [0.2, 0.25) is 0 Å². The predicted molar refractivity (Wildman–Crippen MR) is 217 cm³/mol. The van der Waals surface area contributed by atoms with E-state index in [-0.39, 0.29) is 18.4 Å². The smallest absolute Gasteiger partial charge is 0.323 e. The van der Waals surface area contributed by atoms with Crippen molar-refractivity contribution in [3.05, 3.63) is 156 Å². The second-order valence-corrected chi connectivity index (χ2v) is 15.6. The number of thiocarbonyl (C=S) groups is 1. The Morgan fingerprint density at radius 3 is 2.09 bits per heavy atom. The molecule has 3 heterocycles. The van der Waals surface area contributed by atoms with E-state index in [0.29, 0.717) is 0 Å². The maximum Gasteiger partial charge on any atom is 0.323 e. The summed E-state index contributed by atoms with van der Waals surface area (Å²) in [6.45, 7) is -1.29. The molecule has 0 saturated carbocycles. The maximum atomic E-state index is 13.6. The highest BCUT2D eigenvalue weighted by molar-refractivity contribution is 8.30. The number of amides is 1. The maximum absolute atomic E-state index is 13.6. The standard InChI is InChI=1S/C42H31N3O6S3/c46-36(47)23-43-39(50)35(53-41(43)38-40(51)44(24-37(48)49)42(52)54-38)22-26-16-19-34-32(21-26)30-12-7-13-33(30)45(34)29-17-14-25(15-18-29)20-31(27-8-3-1-4-9-27)28-10-5-2-6-11-28/h1-6,8-11,14-22H,7,12-13,23-24H2,(H,46,47)(H,48,49)/b35-22+,41-38-. The number of carbonyl (C=O) groups excluding carboxylic acids is 1. The molecule has 2 aliphatic rings. The molecule has 0 spiro atoms. The van der Waals surface area contributed by atoms with Crippen molar-refractivity contribution in [2.24, 2.45) is 0 Å². The summed E-state index contributed by atoms with van der Waals surface area (Å²) in [4.78, 5) is 50.9. The lowest BCUT2D eigenvalue weighted by Crippen LogP contribution is -2.36. The van der Waals surface area contributed by atoms with Gasteiger partial charge in [0.15, 0.2) is 0 Å². The van der Waals surface area contributed by atoms with E-state index in [0.717, 1.165) is 96.2 Å². The topological polar surface area (TPSA) is 122 Å². The molecule has 1 aliphatic carbocycles. The van der Waals surface area contributed by atoms with Gasteiger partial charge in [-0.25, -0.2) is 0 Å². The van der Waals surface area contributed by atoms with Crippen molar-refractivity contribution in [3.8, 4) is 5.69 Å². The third-order valence-electron chi connectivity index (χ3n) is 9.51. The lowest BCUT2D eigenvalue weighted by Gasteiger charge is -2.12. The van der Waals surface area contributed by atoms with Crippen molar-refractivity contribution in [3.63, 3.8) is 0 Å². The van der Waals surface area contributed by atoms with Crippen LogP contribution in [0, 0.1) is 0 Å². The van der Waals surface area contributed by atoms with Crippen molar-refractivity contribution in [2.75, 3.05) is 6.54 Å². The molecule has 9 nitrogen and oxygen atoms in total. The van der Waals surface area contributed by atoms with Crippen molar-refractivity contribution in [1.82, 2.24) is 14.0 Å². The van der Waals surface area contributed by atoms with Gasteiger partial charge in [0.1, 0.15) is 27.0 Å². The molecule has 0 unspecified atom stereocenters. The average Bonchev–Trinajstić information content (AvgIpc) is 3.91. The molecular weight excluding hydrogens is 739 g/mol. The first-order valence-corrected chi connectivity index (χ1v) is 19.2. The summed E-state index contributed by atoms with van der Waals surface area (Å²) in [5, 5.41) is 20.0. The number of hydrogen-bond donors (Lipinski definition) is 2. The van der Waals surface area contributed by atoms with Crippen LogP contribution in [0.15, 0.2) is 108 Å². The van der Waals surface area contributed by atoms with Crippen LogP contribution in [0.3, 0.4) is 0 Å². The number of hydrogen-bond acceptors (Lipinski definition) is 7. The monoisotopic (exact) mass is 769 g/mol. The number of thioether (sulfide) groups is 1. The number of aliphatic carboxylic acids is 2. The predicted octanol–water partition coefficient (Wildman–Crippen LogP) is 5.90. The molecule has 1 fully saturated rings. The zero-order chi connectivity index (χ0) is 37.5. The van der Waals surface area contributed by atoms with Crippen LogP contribution in [0.1, 0.15) is 39.9 Å². The van der Waals surface area contributed by atoms with Crippen molar-refractivity contribution < 1.29 is 24.6 Å². The van der Waals surface area contributed by atoms with Gasteiger partial charge in [-0.15, -0.1) is 11.3 Å². The highest BCUT2D eigenvalue weighted by Crippen LogP contribution is 2.37. The molecule has 8 rings (SSSR count). The number of carboxylic acids is 2. The molecule has 0 bridgehead atoms. The molecule has 12 heteroatoms. The summed E-state index contributed by atoms with van der Waals surface area (Å²) < 4.78 is 3.77. The van der Waals surface area contributed by atoms with E-state index in [1.54, 1.807) is 6.08 Å². The molecule has 2 aromatic heterocycles. The molecule has 0 radical (unpaired) electrons. The highest BCUT2D eigenvalue weighted by atomic mass is 32.2. The lowest BCUT2D eigenvalue weighted by atomic mass is 9.96. The fraction of sp³-hybridized carbons (Fsp3) is 0.119. The Labute approximate surface area is 322 Å². The zero-order valence-corrected chi connectivity index (χ0v) is 31.0. The quantitative estimate of drug-likeness (QED) is 0.138. The first-order valence-electron chi connectivity index (χ1n) is 17.2. The number of rotatable bonds is 9. The van der Waals surface area contributed by atoms with Crippen LogP contribution >= 0.6 is 35.3 Å². The molecule has 1 aliphatic heterocycles. The summed E-state index contributed by atoms with van der Waals surface area (Å²) in [7, 11) is 0. The number of nitrogens with zero attached hydrogens (tertiary/aromatic N) is 3. The van der Waals surface area contributed by atoms with E-state index in [4.69, 9.17) is 12.2 Å². The number of aromatic nitrogens is 2. The third-order valence-corrected chi connectivity index (χ3v) is 12.2. The van der Waals surface area contributed by atoms with E-state index in [1.807, 2.05) is 24.3 Å². The molecule has 1 saturated heterocycles. The van der Waals surface area contributed by atoms with E-state index in [1.165, 1.54) is 11.3 Å². The number of carbonyl (C=O) groups is 3. The number of fused-ring (bicyclic) bond motifs is 3. The SMILES string of the molecule is O=C(O)CN1C(=O)/C(=c2/s/c(=C/c3ccc4c(c3)c3c(n4-c4ccc(C=C(c5ccccc5)c5ccccc5)cc4)CCC3)c(=O)n2CC(=O)O)SC1=S. The van der Waals surface area contributed by atoms with Gasteiger partial charge in [0, 0.05) is 16.8 Å². The van der Waals surface area contributed by atoms with Crippen LogP contribution in [-0.2, 0) is 33.8 Å². The summed E-state index contributed by atoms with van der Waals surface area (Å²) >= 11 is 7.10. The molecule has 0 atom stereocenters. The van der Waals surface area contributed by atoms with Gasteiger partial charge in [-0.2, -0.15) is 0 Å². The third kappa shape index (κ3) is 6.64. The molecule has 4 aromatic carbocycles. The van der Waals surface area contributed by atoms with E-state index >= 15 is 0 Å². The van der Waals surface area contributed by atoms with Gasteiger partial charge in [-0.3, -0.25) is 28.6 Å². The van der Waals surface area contributed by atoms with Gasteiger partial charge in [-0.05, 0) is 89.1 Å². The van der Waals surface area contributed by atoms with Crippen LogP contribution < -0.4 is 14.8 Å². The molecule has 2 N–H and O–H groups in total. The lowest BCUT2D eigenvalue weighted by molar-refractivity contribution is -0.140. The van der Waals surface area contributed by atoms with Gasteiger partial charge in [-0.1, -0.05) is 103 Å². The average molecular weight is 770 g/mol. The first kappa shape index (κ1) is 35.2. The summed E-state index contributed by atoms with van der Waals surface area (Å²) in [6, 6.07) is 35.4. The van der Waals surface area contributed by atoms with E-state index < -0.39 is 36.5 Å². The normalized spacial score (nSPS) is 15.3. The molecule has 1 amide bonds. The Balaban J connectivity index is 1.18. The number of aryl methyl sites for hydroxylation is 1. The second kappa shape index (κ2) is 14.5. The van der Waals surface area contributed by atoms with Crippen LogP contribution in [0.25, 0.3) is 39.2 Å². The Morgan fingerprint density at radius 1 is 0.796 bits per heavy atom. The summed E-state index contributed by atoms with van der Waals surface area (Å²) in [6.07, 6.45) is 6.83. The Kier molecular flexibility index (Phi) is 9.49. The second-order valence-electron chi connectivity index (χ2n) is 13.0. The van der Waals surface area contributed by atoms with Crippen molar-refractivity contribution in [2.45, 2.75) is 25.8 Å². The largest absolute Gasteiger partial charge is 0.480 e. The Hall–Kier alpha value is -5.82. The van der Waals surface area contributed by atoms with E-state index in [9.17, 15) is 29.4 Å². The van der Waals surface area contributed by atoms with E-state index in [2.05, 4.69) is 89.5 Å². The Bertz CT molecular complexity index is 2690. The van der Waals surface area contributed by atoms with Gasteiger partial charge in [0.05, 0.1) is 10.0 Å². The highest BCUT2D eigenvalue weighted by Gasteiger charge is 2.35. The van der Waals surface area contributed by atoms with Crippen LogP contribution in [0.4, 0.5) is 0 Å².